The first-order valence-electron chi connectivity index (χ1n) is 8.94. The molecule has 27 heavy (non-hydrogen) atoms. The maximum absolute atomic E-state index is 12.6. The molecule has 5 nitrogen and oxygen atoms in total. The second kappa shape index (κ2) is 8.01. The number of aryl methyl sites for hydroxylation is 1. The van der Waals surface area contributed by atoms with Crippen LogP contribution in [-0.4, -0.2) is 25.5 Å². The fourth-order valence-corrected chi connectivity index (χ4v) is 3.17. The average Bonchev–Trinajstić information content (AvgIpc) is 3.47. The van der Waals surface area contributed by atoms with Gasteiger partial charge in [-0.2, -0.15) is 0 Å². The van der Waals surface area contributed by atoms with Crippen molar-refractivity contribution in [1.29, 1.82) is 0 Å². The lowest BCUT2D eigenvalue weighted by atomic mass is 10.0. The highest BCUT2D eigenvalue weighted by Gasteiger charge is 2.56. The van der Waals surface area contributed by atoms with Crippen molar-refractivity contribution in [3.05, 3.63) is 58.6 Å². The summed E-state index contributed by atoms with van der Waals surface area (Å²) < 4.78 is 5.32. The fraction of sp³-hybridized carbons (Fsp3) is 0.333. The van der Waals surface area contributed by atoms with Crippen LogP contribution < -0.4 is 15.4 Å². The van der Waals surface area contributed by atoms with E-state index in [0.29, 0.717) is 36.5 Å². The van der Waals surface area contributed by atoms with Gasteiger partial charge in [-0.3, -0.25) is 9.59 Å². The van der Waals surface area contributed by atoms with Gasteiger partial charge in [-0.25, -0.2) is 0 Å². The van der Waals surface area contributed by atoms with Gasteiger partial charge in [0.1, 0.15) is 11.2 Å². The van der Waals surface area contributed by atoms with Gasteiger partial charge < -0.3 is 15.4 Å². The summed E-state index contributed by atoms with van der Waals surface area (Å²) >= 11 is 6.10. The molecule has 2 aromatic carbocycles. The monoisotopic (exact) mass is 386 g/mol. The van der Waals surface area contributed by atoms with Gasteiger partial charge in [0.2, 0.25) is 11.8 Å². The zero-order chi connectivity index (χ0) is 19.4. The van der Waals surface area contributed by atoms with Gasteiger partial charge in [-0.15, -0.1) is 0 Å². The summed E-state index contributed by atoms with van der Waals surface area (Å²) in [7, 11) is 1.62. The van der Waals surface area contributed by atoms with Gasteiger partial charge in [0.05, 0.1) is 7.11 Å². The molecular weight excluding hydrogens is 364 g/mol. The highest BCUT2D eigenvalue weighted by Crippen LogP contribution is 2.47. The van der Waals surface area contributed by atoms with E-state index in [0.717, 1.165) is 16.9 Å². The first kappa shape index (κ1) is 19.2. The van der Waals surface area contributed by atoms with Crippen LogP contribution in [0.25, 0.3) is 0 Å². The molecule has 6 heteroatoms. The number of hydrogen-bond acceptors (Lipinski definition) is 3. The summed E-state index contributed by atoms with van der Waals surface area (Å²) in [6, 6.07) is 13.0. The van der Waals surface area contributed by atoms with E-state index in [2.05, 4.69) is 10.6 Å². The molecule has 3 rings (SSSR count). The Morgan fingerprint density at radius 2 is 1.89 bits per heavy atom. The molecule has 1 fully saturated rings. The molecule has 1 saturated carbocycles. The summed E-state index contributed by atoms with van der Waals surface area (Å²) in [5.41, 5.74) is 1.58. The molecule has 0 radical (unpaired) electrons. The lowest BCUT2D eigenvalue weighted by Crippen LogP contribution is -2.40. The minimum absolute atomic E-state index is 0.229. The third kappa shape index (κ3) is 4.25. The summed E-state index contributed by atoms with van der Waals surface area (Å²) in [5.74, 6) is 0.284. The van der Waals surface area contributed by atoms with Crippen LogP contribution in [0.15, 0.2) is 42.5 Å². The fourth-order valence-electron chi connectivity index (χ4n) is 2.99. The molecule has 0 heterocycles. The van der Waals surface area contributed by atoms with Gasteiger partial charge in [0.15, 0.2) is 0 Å². The van der Waals surface area contributed by atoms with Crippen molar-refractivity contribution < 1.29 is 14.3 Å². The molecular formula is C21H23ClN2O3. The Hall–Kier alpha value is -2.53. The quantitative estimate of drug-likeness (QED) is 0.712. The Kier molecular flexibility index (Phi) is 5.71. The molecule has 2 aromatic rings. The molecule has 142 valence electrons. The molecule has 0 saturated heterocycles. The molecule has 0 atom stereocenters. The number of carbonyl (C=O) groups is 2. The summed E-state index contributed by atoms with van der Waals surface area (Å²) in [6.07, 6.45) is 1.75. The van der Waals surface area contributed by atoms with E-state index in [9.17, 15) is 9.59 Å². The van der Waals surface area contributed by atoms with Crippen LogP contribution in [0.3, 0.4) is 0 Å². The smallest absolute Gasteiger partial charge is 0.240 e. The van der Waals surface area contributed by atoms with Gasteiger partial charge in [0, 0.05) is 17.3 Å². The third-order valence-electron chi connectivity index (χ3n) is 4.92. The first-order valence-corrected chi connectivity index (χ1v) is 9.32. The van der Waals surface area contributed by atoms with Crippen LogP contribution in [0.1, 0.15) is 24.0 Å². The number of benzene rings is 2. The Balaban J connectivity index is 1.57. The summed E-state index contributed by atoms with van der Waals surface area (Å²) in [5, 5.41) is 6.29. The molecule has 0 spiro atoms. The lowest BCUT2D eigenvalue weighted by molar-refractivity contribution is -0.134. The zero-order valence-electron chi connectivity index (χ0n) is 15.5. The average molecular weight is 387 g/mol. The zero-order valence-corrected chi connectivity index (χ0v) is 16.2. The number of anilines is 1. The van der Waals surface area contributed by atoms with Crippen molar-refractivity contribution in [1.82, 2.24) is 5.32 Å². The summed E-state index contributed by atoms with van der Waals surface area (Å²) in [6.45, 7) is 2.34. The SMILES string of the molecule is COc1ccccc1CCNC(=O)C1(C(=O)Nc2ccc(C)c(Cl)c2)CC1. The first-order chi connectivity index (χ1) is 13.0. The van der Waals surface area contributed by atoms with E-state index in [1.54, 1.807) is 19.2 Å². The molecule has 1 aliphatic rings. The van der Waals surface area contributed by atoms with Crippen molar-refractivity contribution in [3.8, 4) is 5.75 Å². The van der Waals surface area contributed by atoms with Crippen LogP contribution in [0.2, 0.25) is 5.02 Å². The predicted molar refractivity (Wildman–Crippen MR) is 106 cm³/mol. The van der Waals surface area contributed by atoms with E-state index in [-0.39, 0.29) is 11.8 Å². The van der Waals surface area contributed by atoms with E-state index >= 15 is 0 Å². The number of ether oxygens (including phenoxy) is 1. The number of para-hydroxylation sites is 1. The topological polar surface area (TPSA) is 67.4 Å². The van der Waals surface area contributed by atoms with Crippen molar-refractivity contribution >= 4 is 29.1 Å². The maximum atomic E-state index is 12.6. The predicted octanol–water partition coefficient (Wildman–Crippen LogP) is 3.73. The van der Waals surface area contributed by atoms with Crippen molar-refractivity contribution in [3.63, 3.8) is 0 Å². The number of rotatable bonds is 7. The minimum Gasteiger partial charge on any atom is -0.496 e. The van der Waals surface area contributed by atoms with Crippen LogP contribution in [0.5, 0.6) is 5.75 Å². The lowest BCUT2D eigenvalue weighted by Gasteiger charge is -2.16. The Labute approximate surface area is 164 Å². The van der Waals surface area contributed by atoms with Crippen LogP contribution >= 0.6 is 11.6 Å². The van der Waals surface area contributed by atoms with Gasteiger partial charge >= 0.3 is 0 Å². The number of halogens is 1. The standard InChI is InChI=1S/C21H23ClN2O3/c1-14-7-8-16(13-17(14)22)24-20(26)21(10-11-21)19(25)23-12-9-15-5-3-4-6-18(15)27-2/h3-8,13H,9-12H2,1-2H3,(H,23,25)(H,24,26). The van der Waals surface area contributed by atoms with Crippen LogP contribution in [-0.2, 0) is 16.0 Å². The molecule has 0 bridgehead atoms. The van der Waals surface area contributed by atoms with Crippen molar-refractivity contribution in [2.75, 3.05) is 19.0 Å². The maximum Gasteiger partial charge on any atom is 0.240 e. The van der Waals surface area contributed by atoms with E-state index < -0.39 is 5.41 Å². The van der Waals surface area contributed by atoms with Gasteiger partial charge in [-0.05, 0) is 55.5 Å². The second-order valence-electron chi connectivity index (χ2n) is 6.82. The Bertz CT molecular complexity index is 862. The number of amides is 2. The minimum atomic E-state index is -0.974. The van der Waals surface area contributed by atoms with Gasteiger partial charge in [0.25, 0.3) is 0 Å². The van der Waals surface area contributed by atoms with Crippen molar-refractivity contribution in [2.45, 2.75) is 26.2 Å². The highest BCUT2D eigenvalue weighted by molar-refractivity contribution is 6.31. The molecule has 0 aromatic heterocycles. The molecule has 1 aliphatic carbocycles. The van der Waals surface area contributed by atoms with Crippen LogP contribution in [0.4, 0.5) is 5.69 Å². The van der Waals surface area contributed by atoms with E-state index in [1.807, 2.05) is 37.3 Å². The number of methoxy groups -OCH3 is 1. The normalized spacial score (nSPS) is 14.3. The molecule has 2 amide bonds. The van der Waals surface area contributed by atoms with E-state index in [1.165, 1.54) is 0 Å². The van der Waals surface area contributed by atoms with Crippen molar-refractivity contribution in [2.24, 2.45) is 5.41 Å². The van der Waals surface area contributed by atoms with Crippen LogP contribution in [0, 0.1) is 12.3 Å². The molecule has 0 unspecified atom stereocenters. The Morgan fingerprint density at radius 1 is 1.15 bits per heavy atom. The number of carbonyl (C=O) groups excluding carboxylic acids is 2. The number of hydrogen-bond donors (Lipinski definition) is 2. The second-order valence-corrected chi connectivity index (χ2v) is 7.23. The molecule has 0 aliphatic heterocycles. The third-order valence-corrected chi connectivity index (χ3v) is 5.33. The van der Waals surface area contributed by atoms with Gasteiger partial charge in [-0.1, -0.05) is 35.9 Å². The number of nitrogens with one attached hydrogen (secondary N) is 2. The largest absolute Gasteiger partial charge is 0.496 e. The summed E-state index contributed by atoms with van der Waals surface area (Å²) in [4.78, 5) is 25.2. The molecule has 2 N–H and O–H groups in total. The van der Waals surface area contributed by atoms with E-state index in [4.69, 9.17) is 16.3 Å². The highest BCUT2D eigenvalue weighted by atomic mass is 35.5. The Morgan fingerprint density at radius 3 is 2.56 bits per heavy atom.